The molecule has 0 radical (unpaired) electrons. The van der Waals surface area contributed by atoms with Crippen molar-refractivity contribution < 1.29 is 18.3 Å². The van der Waals surface area contributed by atoms with E-state index in [2.05, 4.69) is 9.97 Å². The zero-order valence-corrected chi connectivity index (χ0v) is 10.1. The highest BCUT2D eigenvalue weighted by atomic mass is 19.4. The van der Waals surface area contributed by atoms with E-state index in [1.54, 1.807) is 0 Å². The summed E-state index contributed by atoms with van der Waals surface area (Å²) in [6.45, 7) is 0. The van der Waals surface area contributed by atoms with E-state index in [4.69, 9.17) is 0 Å². The Labute approximate surface area is 108 Å². The van der Waals surface area contributed by atoms with Gasteiger partial charge in [-0.1, -0.05) is 0 Å². The number of alkyl halides is 3. The van der Waals surface area contributed by atoms with Crippen molar-refractivity contribution in [2.24, 2.45) is 0 Å². The molecule has 0 amide bonds. The molecule has 3 atom stereocenters. The molecular weight excluding hydrogens is 259 g/mol. The minimum Gasteiger partial charge on any atom is -0.393 e. The summed E-state index contributed by atoms with van der Waals surface area (Å²) in [5.41, 5.74) is -0.833. The van der Waals surface area contributed by atoms with Gasteiger partial charge < -0.3 is 10.0 Å². The fraction of sp³-hybridized carbons (Fsp3) is 0.667. The first-order valence-corrected chi connectivity index (χ1v) is 6.31. The molecule has 4 nitrogen and oxygen atoms in total. The Morgan fingerprint density at radius 2 is 1.63 bits per heavy atom. The van der Waals surface area contributed by atoms with Crippen LogP contribution in [0.2, 0.25) is 0 Å². The van der Waals surface area contributed by atoms with E-state index in [0.717, 1.165) is 25.2 Å². The number of nitrogens with zero attached hydrogens (tertiary/aromatic N) is 3. The fourth-order valence-corrected chi connectivity index (χ4v) is 3.08. The van der Waals surface area contributed by atoms with Crippen molar-refractivity contribution in [3.05, 3.63) is 18.0 Å². The summed E-state index contributed by atoms with van der Waals surface area (Å²) in [4.78, 5) is 9.66. The molecule has 3 rings (SSSR count). The lowest BCUT2D eigenvalue weighted by atomic mass is 10.0. The van der Waals surface area contributed by atoms with Crippen molar-refractivity contribution in [2.45, 2.75) is 50.0 Å². The standard InChI is InChI=1S/C12H14F3N3O/c13-12(14,15)7-5-16-11(17-6-7)18-8-1-2-9(18)4-10(19)3-8/h5-6,8-10,19H,1-4H2/t8-,9+,10+. The van der Waals surface area contributed by atoms with Crippen molar-refractivity contribution in [1.82, 2.24) is 9.97 Å². The Kier molecular flexibility index (Phi) is 2.88. The van der Waals surface area contributed by atoms with Gasteiger partial charge in [-0.2, -0.15) is 13.2 Å². The Balaban J connectivity index is 1.84. The van der Waals surface area contributed by atoms with E-state index < -0.39 is 11.7 Å². The topological polar surface area (TPSA) is 49.2 Å². The summed E-state index contributed by atoms with van der Waals surface area (Å²) in [6, 6.07) is 0.288. The van der Waals surface area contributed by atoms with Crippen LogP contribution in [0.15, 0.2) is 12.4 Å². The van der Waals surface area contributed by atoms with Gasteiger partial charge in [0, 0.05) is 24.5 Å². The molecule has 2 saturated heterocycles. The van der Waals surface area contributed by atoms with Gasteiger partial charge in [0.1, 0.15) is 0 Å². The maximum Gasteiger partial charge on any atom is 0.419 e. The highest BCUT2D eigenvalue weighted by molar-refractivity contribution is 5.37. The Hall–Kier alpha value is -1.37. The lowest BCUT2D eigenvalue weighted by Crippen LogP contribution is -2.45. The highest BCUT2D eigenvalue weighted by Gasteiger charge is 2.41. The van der Waals surface area contributed by atoms with Gasteiger partial charge in [0.15, 0.2) is 0 Å². The normalized spacial score (nSPS) is 30.7. The smallest absolute Gasteiger partial charge is 0.393 e. The molecule has 1 N–H and O–H groups in total. The third kappa shape index (κ3) is 2.27. The number of hydrogen-bond acceptors (Lipinski definition) is 4. The number of aliphatic hydroxyl groups is 1. The summed E-state index contributed by atoms with van der Waals surface area (Å²) in [6.07, 6.45) is 0.0815. The lowest BCUT2D eigenvalue weighted by molar-refractivity contribution is -0.138. The molecule has 1 aromatic rings. The van der Waals surface area contributed by atoms with Gasteiger partial charge >= 0.3 is 6.18 Å². The summed E-state index contributed by atoms with van der Waals surface area (Å²) in [7, 11) is 0. The highest BCUT2D eigenvalue weighted by Crippen LogP contribution is 2.38. The molecule has 1 aromatic heterocycles. The van der Waals surface area contributed by atoms with Gasteiger partial charge in [0.2, 0.25) is 5.95 Å². The molecule has 104 valence electrons. The molecule has 3 heterocycles. The van der Waals surface area contributed by atoms with Crippen LogP contribution < -0.4 is 4.90 Å². The lowest BCUT2D eigenvalue weighted by Gasteiger charge is -2.37. The molecule has 0 spiro atoms. The molecule has 0 aliphatic carbocycles. The van der Waals surface area contributed by atoms with Crippen LogP contribution in [-0.4, -0.2) is 33.3 Å². The number of rotatable bonds is 1. The van der Waals surface area contributed by atoms with Crippen LogP contribution in [0.1, 0.15) is 31.2 Å². The van der Waals surface area contributed by atoms with Gasteiger partial charge in [0.05, 0.1) is 11.7 Å². The first-order chi connectivity index (χ1) is 8.95. The van der Waals surface area contributed by atoms with Crippen LogP contribution in [0.25, 0.3) is 0 Å². The van der Waals surface area contributed by atoms with Crippen molar-refractivity contribution in [3.63, 3.8) is 0 Å². The van der Waals surface area contributed by atoms with E-state index in [-0.39, 0.29) is 18.2 Å². The van der Waals surface area contributed by atoms with Crippen molar-refractivity contribution in [1.29, 1.82) is 0 Å². The molecule has 2 bridgehead atoms. The Morgan fingerprint density at radius 1 is 1.11 bits per heavy atom. The van der Waals surface area contributed by atoms with Crippen molar-refractivity contribution in [3.8, 4) is 0 Å². The van der Waals surface area contributed by atoms with E-state index in [1.807, 2.05) is 4.90 Å². The first-order valence-electron chi connectivity index (χ1n) is 6.31. The summed E-state index contributed by atoms with van der Waals surface area (Å²) >= 11 is 0. The maximum absolute atomic E-state index is 12.5. The van der Waals surface area contributed by atoms with Gasteiger partial charge in [-0.05, 0) is 25.7 Å². The quantitative estimate of drug-likeness (QED) is 0.850. The third-order valence-electron chi connectivity index (χ3n) is 3.90. The van der Waals surface area contributed by atoms with Crippen molar-refractivity contribution in [2.75, 3.05) is 4.90 Å². The second-order valence-corrected chi connectivity index (χ2v) is 5.19. The molecule has 19 heavy (non-hydrogen) atoms. The number of halogens is 3. The summed E-state index contributed by atoms with van der Waals surface area (Å²) in [5, 5.41) is 9.69. The minimum atomic E-state index is -4.41. The average Bonchev–Trinajstić information content (AvgIpc) is 2.61. The zero-order valence-electron chi connectivity index (χ0n) is 10.1. The molecule has 0 aromatic carbocycles. The zero-order chi connectivity index (χ0) is 13.6. The number of aromatic nitrogens is 2. The maximum atomic E-state index is 12.5. The third-order valence-corrected chi connectivity index (χ3v) is 3.90. The summed E-state index contributed by atoms with van der Waals surface area (Å²) in [5.74, 6) is 0.340. The van der Waals surface area contributed by atoms with E-state index in [0.29, 0.717) is 18.8 Å². The monoisotopic (exact) mass is 273 g/mol. The molecular formula is C12H14F3N3O. The number of aliphatic hydroxyl groups excluding tert-OH is 1. The van der Waals surface area contributed by atoms with Crippen molar-refractivity contribution >= 4 is 5.95 Å². The predicted octanol–water partition coefficient (Wildman–Crippen LogP) is 1.99. The number of fused-ring (bicyclic) bond motifs is 2. The minimum absolute atomic E-state index is 0.144. The number of anilines is 1. The van der Waals surface area contributed by atoms with E-state index in [9.17, 15) is 18.3 Å². The molecule has 7 heteroatoms. The number of piperidine rings is 1. The number of hydrogen-bond donors (Lipinski definition) is 1. The average molecular weight is 273 g/mol. The second-order valence-electron chi connectivity index (χ2n) is 5.19. The van der Waals surface area contributed by atoms with Gasteiger partial charge in [-0.15, -0.1) is 0 Å². The largest absolute Gasteiger partial charge is 0.419 e. The van der Waals surface area contributed by atoms with E-state index in [1.165, 1.54) is 0 Å². The van der Waals surface area contributed by atoms with Gasteiger partial charge in [-0.25, -0.2) is 9.97 Å². The van der Waals surface area contributed by atoms with Crippen LogP contribution in [-0.2, 0) is 6.18 Å². The first kappa shape index (κ1) is 12.7. The second kappa shape index (κ2) is 4.33. The molecule has 2 aliphatic heterocycles. The van der Waals surface area contributed by atoms with Crippen LogP contribution in [0.3, 0.4) is 0 Å². The predicted molar refractivity (Wildman–Crippen MR) is 61.6 cm³/mol. The van der Waals surface area contributed by atoms with Gasteiger partial charge in [-0.3, -0.25) is 0 Å². The molecule has 0 unspecified atom stereocenters. The van der Waals surface area contributed by atoms with Crippen LogP contribution in [0.5, 0.6) is 0 Å². The fourth-order valence-electron chi connectivity index (χ4n) is 3.08. The molecule has 2 fully saturated rings. The Bertz CT molecular complexity index is 448. The molecule has 2 aliphatic rings. The van der Waals surface area contributed by atoms with Crippen LogP contribution >= 0.6 is 0 Å². The molecule has 0 saturated carbocycles. The SMILES string of the molecule is O[C@H]1C[C@H]2CC[C@@H](C1)N2c1ncc(C(F)(F)F)cn1. The van der Waals surface area contributed by atoms with Crippen LogP contribution in [0, 0.1) is 0 Å². The van der Waals surface area contributed by atoms with Crippen LogP contribution in [0.4, 0.5) is 19.1 Å². The summed E-state index contributed by atoms with van der Waals surface area (Å²) < 4.78 is 37.4. The van der Waals surface area contributed by atoms with E-state index >= 15 is 0 Å². The Morgan fingerprint density at radius 3 is 2.11 bits per heavy atom. The van der Waals surface area contributed by atoms with Gasteiger partial charge in [0.25, 0.3) is 0 Å².